The highest BCUT2D eigenvalue weighted by atomic mass is 35.5. The normalized spacial score (nSPS) is 16.3. The van der Waals surface area contributed by atoms with E-state index in [1.165, 1.54) is 0 Å². The molecule has 1 aliphatic rings. The lowest BCUT2D eigenvalue weighted by Gasteiger charge is -2.11. The molecule has 1 fully saturated rings. The number of anilines is 1. The number of halogens is 1. The van der Waals surface area contributed by atoms with Crippen LogP contribution in [0.15, 0.2) is 24.3 Å². The SMILES string of the molecule is CCCNCCNC(=O)c1cccc(NC(=O)C2CCCO2)c1.Cl. The van der Waals surface area contributed by atoms with Crippen LogP contribution in [0.4, 0.5) is 5.69 Å². The lowest BCUT2D eigenvalue weighted by molar-refractivity contribution is -0.124. The predicted octanol–water partition coefficient (Wildman–Crippen LogP) is 1.96. The van der Waals surface area contributed by atoms with Gasteiger partial charge in [0.2, 0.25) is 0 Å². The van der Waals surface area contributed by atoms with E-state index in [1.54, 1.807) is 24.3 Å². The van der Waals surface area contributed by atoms with Crippen molar-refractivity contribution in [3.63, 3.8) is 0 Å². The molecule has 1 saturated heterocycles. The van der Waals surface area contributed by atoms with Crippen molar-refractivity contribution in [2.24, 2.45) is 0 Å². The van der Waals surface area contributed by atoms with E-state index in [9.17, 15) is 9.59 Å². The molecule has 0 saturated carbocycles. The van der Waals surface area contributed by atoms with Crippen molar-refractivity contribution in [3.05, 3.63) is 29.8 Å². The topological polar surface area (TPSA) is 79.5 Å². The molecule has 0 aromatic heterocycles. The first-order valence-corrected chi connectivity index (χ1v) is 8.22. The Morgan fingerprint density at radius 2 is 2.08 bits per heavy atom. The van der Waals surface area contributed by atoms with E-state index in [4.69, 9.17) is 4.74 Å². The Morgan fingerprint density at radius 1 is 1.25 bits per heavy atom. The molecule has 2 amide bonds. The van der Waals surface area contributed by atoms with Gasteiger partial charge in [-0.15, -0.1) is 12.4 Å². The Balaban J connectivity index is 0.00000288. The van der Waals surface area contributed by atoms with E-state index < -0.39 is 0 Å². The fraction of sp³-hybridized carbons (Fsp3) is 0.529. The van der Waals surface area contributed by atoms with Crippen molar-refractivity contribution < 1.29 is 14.3 Å². The molecular formula is C17H26ClN3O3. The van der Waals surface area contributed by atoms with Crippen LogP contribution in [0.25, 0.3) is 0 Å². The average molecular weight is 356 g/mol. The zero-order valence-electron chi connectivity index (χ0n) is 14.0. The van der Waals surface area contributed by atoms with E-state index in [2.05, 4.69) is 22.9 Å². The maximum atomic E-state index is 12.1. The number of carbonyl (C=O) groups is 2. The number of ether oxygens (including phenoxy) is 1. The van der Waals surface area contributed by atoms with Gasteiger partial charge in [-0.05, 0) is 44.0 Å². The van der Waals surface area contributed by atoms with Crippen LogP contribution in [0.1, 0.15) is 36.5 Å². The summed E-state index contributed by atoms with van der Waals surface area (Å²) >= 11 is 0. The Morgan fingerprint density at radius 3 is 2.79 bits per heavy atom. The van der Waals surface area contributed by atoms with Crippen molar-refractivity contribution >= 4 is 29.9 Å². The minimum atomic E-state index is -0.378. The van der Waals surface area contributed by atoms with Gasteiger partial charge in [-0.25, -0.2) is 0 Å². The third-order valence-electron chi connectivity index (χ3n) is 3.63. The lowest BCUT2D eigenvalue weighted by atomic mass is 10.1. The average Bonchev–Trinajstić information content (AvgIpc) is 3.09. The fourth-order valence-corrected chi connectivity index (χ4v) is 2.41. The molecule has 1 unspecified atom stereocenters. The fourth-order valence-electron chi connectivity index (χ4n) is 2.41. The Hall–Kier alpha value is -1.63. The summed E-state index contributed by atoms with van der Waals surface area (Å²) in [6.45, 7) is 5.00. The van der Waals surface area contributed by atoms with Gasteiger partial charge in [-0.1, -0.05) is 13.0 Å². The quantitative estimate of drug-likeness (QED) is 0.623. The monoisotopic (exact) mass is 355 g/mol. The highest BCUT2D eigenvalue weighted by molar-refractivity contribution is 5.98. The summed E-state index contributed by atoms with van der Waals surface area (Å²) in [6, 6.07) is 6.94. The summed E-state index contributed by atoms with van der Waals surface area (Å²) in [7, 11) is 0. The Labute approximate surface area is 149 Å². The smallest absolute Gasteiger partial charge is 0.253 e. The summed E-state index contributed by atoms with van der Waals surface area (Å²) in [5.41, 5.74) is 1.15. The number of nitrogens with one attached hydrogen (secondary N) is 3. The van der Waals surface area contributed by atoms with Crippen LogP contribution in [0.3, 0.4) is 0 Å². The molecule has 134 valence electrons. The van der Waals surface area contributed by atoms with E-state index in [0.717, 1.165) is 32.4 Å². The summed E-state index contributed by atoms with van der Waals surface area (Å²) < 4.78 is 5.35. The second kappa shape index (κ2) is 11.0. The van der Waals surface area contributed by atoms with Crippen LogP contribution in [-0.4, -0.2) is 44.2 Å². The molecule has 6 nitrogen and oxygen atoms in total. The molecule has 0 bridgehead atoms. The molecular weight excluding hydrogens is 330 g/mol. The number of carbonyl (C=O) groups excluding carboxylic acids is 2. The second-order valence-electron chi connectivity index (χ2n) is 5.58. The molecule has 0 aliphatic carbocycles. The highest BCUT2D eigenvalue weighted by Gasteiger charge is 2.23. The van der Waals surface area contributed by atoms with E-state index in [1.807, 2.05) is 0 Å². The van der Waals surface area contributed by atoms with Crippen molar-refractivity contribution in [2.75, 3.05) is 31.6 Å². The van der Waals surface area contributed by atoms with Gasteiger partial charge < -0.3 is 20.7 Å². The molecule has 1 aromatic carbocycles. The first kappa shape index (κ1) is 20.4. The molecule has 24 heavy (non-hydrogen) atoms. The van der Waals surface area contributed by atoms with Gasteiger partial charge in [0, 0.05) is 30.9 Å². The van der Waals surface area contributed by atoms with Gasteiger partial charge in [0.15, 0.2) is 0 Å². The maximum absolute atomic E-state index is 12.1. The maximum Gasteiger partial charge on any atom is 0.253 e. The third-order valence-corrected chi connectivity index (χ3v) is 3.63. The third kappa shape index (κ3) is 6.47. The van der Waals surface area contributed by atoms with Crippen molar-refractivity contribution in [1.29, 1.82) is 0 Å². The molecule has 1 aliphatic heterocycles. The van der Waals surface area contributed by atoms with Crippen molar-refractivity contribution in [2.45, 2.75) is 32.3 Å². The molecule has 1 heterocycles. The highest BCUT2D eigenvalue weighted by Crippen LogP contribution is 2.16. The summed E-state index contributed by atoms with van der Waals surface area (Å²) in [5, 5.41) is 8.89. The van der Waals surface area contributed by atoms with Crippen LogP contribution in [-0.2, 0) is 9.53 Å². The van der Waals surface area contributed by atoms with Gasteiger partial charge in [-0.2, -0.15) is 0 Å². The lowest BCUT2D eigenvalue weighted by Crippen LogP contribution is -2.32. The molecule has 0 radical (unpaired) electrons. The molecule has 0 spiro atoms. The van der Waals surface area contributed by atoms with E-state index >= 15 is 0 Å². The van der Waals surface area contributed by atoms with Gasteiger partial charge in [0.25, 0.3) is 11.8 Å². The predicted molar refractivity (Wildman–Crippen MR) is 96.8 cm³/mol. The largest absolute Gasteiger partial charge is 0.368 e. The molecule has 2 rings (SSSR count). The Kier molecular flexibility index (Phi) is 9.37. The van der Waals surface area contributed by atoms with Crippen LogP contribution >= 0.6 is 12.4 Å². The summed E-state index contributed by atoms with van der Waals surface area (Å²) in [4.78, 5) is 24.1. The minimum absolute atomic E-state index is 0. The van der Waals surface area contributed by atoms with Gasteiger partial charge >= 0.3 is 0 Å². The Bertz CT molecular complexity index is 534. The number of hydrogen-bond acceptors (Lipinski definition) is 4. The van der Waals surface area contributed by atoms with Crippen LogP contribution < -0.4 is 16.0 Å². The number of benzene rings is 1. The van der Waals surface area contributed by atoms with Crippen LogP contribution in [0.5, 0.6) is 0 Å². The minimum Gasteiger partial charge on any atom is -0.368 e. The number of amides is 2. The molecule has 3 N–H and O–H groups in total. The zero-order valence-corrected chi connectivity index (χ0v) is 14.8. The van der Waals surface area contributed by atoms with E-state index in [0.29, 0.717) is 24.4 Å². The van der Waals surface area contributed by atoms with Gasteiger partial charge in [0.1, 0.15) is 6.10 Å². The van der Waals surface area contributed by atoms with Crippen molar-refractivity contribution in [1.82, 2.24) is 10.6 Å². The van der Waals surface area contributed by atoms with Crippen LogP contribution in [0, 0.1) is 0 Å². The molecule has 1 aromatic rings. The van der Waals surface area contributed by atoms with Crippen LogP contribution in [0.2, 0.25) is 0 Å². The first-order chi connectivity index (χ1) is 11.2. The zero-order chi connectivity index (χ0) is 16.5. The van der Waals surface area contributed by atoms with Gasteiger partial charge in [-0.3, -0.25) is 9.59 Å². The number of hydrogen-bond donors (Lipinski definition) is 3. The summed E-state index contributed by atoms with van der Waals surface area (Å²) in [6.07, 6.45) is 2.35. The standard InChI is InChI=1S/C17H25N3O3.ClH/c1-2-8-18-9-10-19-16(21)13-5-3-6-14(12-13)20-17(22)15-7-4-11-23-15;/h3,5-6,12,15,18H,2,4,7-11H2,1H3,(H,19,21)(H,20,22);1H. The number of rotatable bonds is 8. The molecule has 1 atom stereocenters. The van der Waals surface area contributed by atoms with E-state index in [-0.39, 0.29) is 30.3 Å². The second-order valence-corrected chi connectivity index (χ2v) is 5.58. The first-order valence-electron chi connectivity index (χ1n) is 8.22. The van der Waals surface area contributed by atoms with Gasteiger partial charge in [0.05, 0.1) is 0 Å². The van der Waals surface area contributed by atoms with Crippen molar-refractivity contribution in [3.8, 4) is 0 Å². The summed E-state index contributed by atoms with van der Waals surface area (Å²) in [5.74, 6) is -0.291. The molecule has 7 heteroatoms.